The first kappa shape index (κ1) is 15.6. The van der Waals surface area contributed by atoms with Gasteiger partial charge in [0.2, 0.25) is 11.8 Å². The van der Waals surface area contributed by atoms with E-state index in [9.17, 15) is 9.59 Å². The fraction of sp³-hybridized carbons (Fsp3) is 0.800. The minimum atomic E-state index is -0.314. The van der Waals surface area contributed by atoms with Gasteiger partial charge < -0.3 is 11.5 Å². The summed E-state index contributed by atoms with van der Waals surface area (Å²) in [5.41, 5.74) is 10.3. The van der Waals surface area contributed by atoms with E-state index in [1.807, 2.05) is 27.7 Å². The second kappa shape index (κ2) is 5.82. The smallest absolute Gasteiger partial charge is 0.218 e. The summed E-state index contributed by atoms with van der Waals surface area (Å²) in [7, 11) is 3.13. The van der Waals surface area contributed by atoms with Gasteiger partial charge in [-0.1, -0.05) is 21.6 Å². The fourth-order valence-corrected chi connectivity index (χ4v) is 3.68. The summed E-state index contributed by atoms with van der Waals surface area (Å²) < 4.78 is -0.461. The first-order chi connectivity index (χ1) is 7.04. The third kappa shape index (κ3) is 7.87. The maximum absolute atomic E-state index is 10.8. The van der Waals surface area contributed by atoms with Crippen molar-refractivity contribution in [3.05, 3.63) is 0 Å². The van der Waals surface area contributed by atoms with E-state index in [-0.39, 0.29) is 21.3 Å². The lowest BCUT2D eigenvalue weighted by Crippen LogP contribution is -2.27. The number of carbonyl (C=O) groups is 2. The van der Waals surface area contributed by atoms with Gasteiger partial charge in [-0.25, -0.2) is 0 Å². The van der Waals surface area contributed by atoms with E-state index in [1.165, 1.54) is 0 Å². The van der Waals surface area contributed by atoms with Gasteiger partial charge in [0.1, 0.15) is 0 Å². The number of rotatable bonds is 7. The summed E-state index contributed by atoms with van der Waals surface area (Å²) in [5.74, 6) is -0.628. The van der Waals surface area contributed by atoms with Crippen molar-refractivity contribution >= 4 is 33.4 Å². The van der Waals surface area contributed by atoms with Gasteiger partial charge in [0, 0.05) is 22.3 Å². The van der Waals surface area contributed by atoms with Crippen LogP contribution < -0.4 is 11.5 Å². The van der Waals surface area contributed by atoms with Crippen LogP contribution in [0.1, 0.15) is 40.5 Å². The molecule has 2 amide bonds. The zero-order chi connectivity index (χ0) is 13.0. The fourth-order valence-electron chi connectivity index (χ4n) is 1.12. The molecule has 0 unspecified atom stereocenters. The number of hydrogen-bond donors (Lipinski definition) is 2. The molecule has 0 rings (SSSR count). The Morgan fingerprint density at radius 1 is 0.875 bits per heavy atom. The molecular formula is C10H20N2O2S2. The predicted molar refractivity (Wildman–Crippen MR) is 71.0 cm³/mol. The summed E-state index contributed by atoms with van der Waals surface area (Å²) in [6, 6.07) is 0. The van der Waals surface area contributed by atoms with Gasteiger partial charge >= 0.3 is 0 Å². The molecule has 0 fully saturated rings. The van der Waals surface area contributed by atoms with Crippen molar-refractivity contribution in [1.82, 2.24) is 0 Å². The summed E-state index contributed by atoms with van der Waals surface area (Å²) in [6.45, 7) is 7.82. The highest BCUT2D eigenvalue weighted by molar-refractivity contribution is 8.77. The molecule has 0 saturated carbocycles. The average molecular weight is 264 g/mol. The van der Waals surface area contributed by atoms with E-state index in [2.05, 4.69) is 0 Å². The molecule has 16 heavy (non-hydrogen) atoms. The van der Waals surface area contributed by atoms with Gasteiger partial charge in [0.05, 0.1) is 0 Å². The Bertz CT molecular complexity index is 250. The van der Waals surface area contributed by atoms with Crippen molar-refractivity contribution in [3.8, 4) is 0 Å². The Balaban J connectivity index is 4.21. The van der Waals surface area contributed by atoms with Gasteiger partial charge in [0.15, 0.2) is 0 Å². The van der Waals surface area contributed by atoms with Crippen molar-refractivity contribution in [2.24, 2.45) is 11.5 Å². The Morgan fingerprint density at radius 2 is 1.12 bits per heavy atom. The summed E-state index contributed by atoms with van der Waals surface area (Å²) in [4.78, 5) is 21.7. The number of primary amides is 2. The highest BCUT2D eigenvalue weighted by atomic mass is 33.1. The van der Waals surface area contributed by atoms with E-state index in [0.29, 0.717) is 12.8 Å². The molecule has 0 atom stereocenters. The standard InChI is InChI=1S/C10H20N2O2S2/c1-9(2,5-7(11)13)15-16-10(3,4)6-8(12)14/h5-6H2,1-4H3,(H2,11,13)(H2,12,14). The molecule has 0 aliphatic heterocycles. The molecule has 0 radical (unpaired) electrons. The van der Waals surface area contributed by atoms with Crippen LogP contribution in [0.4, 0.5) is 0 Å². The van der Waals surface area contributed by atoms with Crippen LogP contribution in [0, 0.1) is 0 Å². The Morgan fingerprint density at radius 3 is 1.31 bits per heavy atom. The lowest BCUT2D eigenvalue weighted by atomic mass is 10.1. The molecule has 4 nitrogen and oxygen atoms in total. The van der Waals surface area contributed by atoms with Crippen LogP contribution in [0.25, 0.3) is 0 Å². The average Bonchev–Trinajstić information content (AvgIpc) is 1.96. The van der Waals surface area contributed by atoms with Gasteiger partial charge in [-0.15, -0.1) is 0 Å². The molecule has 0 saturated heterocycles. The number of nitrogens with two attached hydrogens (primary N) is 2. The molecule has 4 N–H and O–H groups in total. The topological polar surface area (TPSA) is 86.2 Å². The quantitative estimate of drug-likeness (QED) is 0.685. The second-order valence-corrected chi connectivity index (χ2v) is 8.52. The summed E-state index contributed by atoms with van der Waals surface area (Å²) in [5, 5.41) is 0. The second-order valence-electron chi connectivity index (χ2n) is 4.97. The zero-order valence-electron chi connectivity index (χ0n) is 10.2. The van der Waals surface area contributed by atoms with Gasteiger partial charge in [-0.3, -0.25) is 9.59 Å². The molecule has 0 spiro atoms. The number of amides is 2. The highest BCUT2D eigenvalue weighted by Gasteiger charge is 2.28. The van der Waals surface area contributed by atoms with Crippen molar-refractivity contribution in [2.75, 3.05) is 0 Å². The van der Waals surface area contributed by atoms with Gasteiger partial charge in [0.25, 0.3) is 0 Å². The third-order valence-corrected chi connectivity index (χ3v) is 5.92. The molecule has 0 aliphatic rings. The van der Waals surface area contributed by atoms with Gasteiger partial charge in [-0.2, -0.15) is 0 Å². The molecule has 0 heterocycles. The van der Waals surface area contributed by atoms with E-state index >= 15 is 0 Å². The van der Waals surface area contributed by atoms with Crippen LogP contribution in [-0.2, 0) is 9.59 Å². The van der Waals surface area contributed by atoms with E-state index in [4.69, 9.17) is 11.5 Å². The molecule has 0 aromatic heterocycles. The molecule has 94 valence electrons. The highest BCUT2D eigenvalue weighted by Crippen LogP contribution is 2.46. The molecular weight excluding hydrogens is 244 g/mol. The van der Waals surface area contributed by atoms with Gasteiger partial charge in [-0.05, 0) is 27.7 Å². The molecule has 0 aliphatic carbocycles. The van der Waals surface area contributed by atoms with Crippen molar-refractivity contribution in [3.63, 3.8) is 0 Å². The predicted octanol–water partition coefficient (Wildman–Crippen LogP) is 1.68. The largest absolute Gasteiger partial charge is 0.370 e. The Hall–Kier alpha value is -0.360. The monoisotopic (exact) mass is 264 g/mol. The minimum absolute atomic E-state index is 0.231. The van der Waals surface area contributed by atoms with Crippen LogP contribution in [0.2, 0.25) is 0 Å². The van der Waals surface area contributed by atoms with Crippen molar-refractivity contribution < 1.29 is 9.59 Å². The lowest BCUT2D eigenvalue weighted by Gasteiger charge is -2.28. The molecule has 6 heteroatoms. The first-order valence-corrected chi connectivity index (χ1v) is 7.12. The van der Waals surface area contributed by atoms with E-state index < -0.39 is 0 Å². The Labute approximate surface area is 105 Å². The number of hydrogen-bond acceptors (Lipinski definition) is 4. The Kier molecular flexibility index (Phi) is 5.69. The van der Waals surface area contributed by atoms with Crippen LogP contribution in [0.15, 0.2) is 0 Å². The van der Waals surface area contributed by atoms with Crippen LogP contribution in [-0.4, -0.2) is 21.3 Å². The normalized spacial score (nSPS) is 12.5. The summed E-state index contributed by atoms with van der Waals surface area (Å²) >= 11 is 0. The molecule has 0 bridgehead atoms. The summed E-state index contributed by atoms with van der Waals surface area (Å²) in [6.07, 6.45) is 0.634. The maximum Gasteiger partial charge on any atom is 0.218 e. The third-order valence-electron chi connectivity index (χ3n) is 1.69. The maximum atomic E-state index is 10.8. The van der Waals surface area contributed by atoms with Crippen LogP contribution in [0.5, 0.6) is 0 Å². The van der Waals surface area contributed by atoms with Crippen LogP contribution in [0.3, 0.4) is 0 Å². The number of carbonyl (C=O) groups excluding carboxylic acids is 2. The van der Waals surface area contributed by atoms with Crippen molar-refractivity contribution in [1.29, 1.82) is 0 Å². The molecule has 0 aromatic carbocycles. The SMILES string of the molecule is CC(C)(CC(N)=O)SSC(C)(C)CC(N)=O. The van der Waals surface area contributed by atoms with E-state index in [1.54, 1.807) is 21.6 Å². The molecule has 0 aromatic rings. The van der Waals surface area contributed by atoms with Crippen molar-refractivity contribution in [2.45, 2.75) is 50.0 Å². The van der Waals surface area contributed by atoms with E-state index in [0.717, 1.165) is 0 Å². The van der Waals surface area contributed by atoms with Crippen LogP contribution >= 0.6 is 21.6 Å². The minimum Gasteiger partial charge on any atom is -0.370 e. The lowest BCUT2D eigenvalue weighted by molar-refractivity contribution is -0.119. The zero-order valence-corrected chi connectivity index (χ0v) is 11.8. The first-order valence-electron chi connectivity index (χ1n) is 4.97.